The van der Waals surface area contributed by atoms with Gasteiger partial charge in [-0.3, -0.25) is 9.69 Å². The largest absolute Gasteiger partial charge is 0.373 e. The first-order valence-electron chi connectivity index (χ1n) is 7.63. The van der Waals surface area contributed by atoms with Crippen molar-refractivity contribution in [2.75, 3.05) is 19.6 Å². The van der Waals surface area contributed by atoms with E-state index in [1.165, 1.54) is 0 Å². The van der Waals surface area contributed by atoms with Gasteiger partial charge in [-0.05, 0) is 26.7 Å². The number of nitrogens with zero attached hydrogens (tertiary/aromatic N) is 2. The molecule has 2 atom stereocenters. The Bertz CT molecular complexity index is 375. The molecule has 0 bridgehead atoms. The molecule has 1 saturated heterocycles. The third-order valence-corrected chi connectivity index (χ3v) is 4.16. The molecule has 20 heavy (non-hydrogen) atoms. The summed E-state index contributed by atoms with van der Waals surface area (Å²) >= 11 is 0. The van der Waals surface area contributed by atoms with Gasteiger partial charge in [0.25, 0.3) is 0 Å². The Balaban J connectivity index is 1.87. The van der Waals surface area contributed by atoms with Crippen molar-refractivity contribution in [2.24, 2.45) is 0 Å². The summed E-state index contributed by atoms with van der Waals surface area (Å²) in [5.41, 5.74) is -0.626. The van der Waals surface area contributed by atoms with E-state index in [-0.39, 0.29) is 18.1 Å². The third kappa shape index (κ3) is 3.94. The van der Waals surface area contributed by atoms with Gasteiger partial charge < -0.3 is 10.1 Å². The lowest BCUT2D eigenvalue weighted by Gasteiger charge is -2.36. The molecule has 0 aromatic carbocycles. The molecule has 1 N–H and O–H groups in total. The molecule has 0 radical (unpaired) electrons. The summed E-state index contributed by atoms with van der Waals surface area (Å²) in [4.78, 5) is 14.3. The molecule has 5 nitrogen and oxygen atoms in total. The number of nitriles is 1. The maximum absolute atomic E-state index is 12.2. The van der Waals surface area contributed by atoms with Crippen molar-refractivity contribution in [3.8, 4) is 6.07 Å². The highest BCUT2D eigenvalue weighted by Gasteiger charge is 2.34. The van der Waals surface area contributed by atoms with Crippen LogP contribution < -0.4 is 5.32 Å². The van der Waals surface area contributed by atoms with Crippen molar-refractivity contribution < 1.29 is 9.53 Å². The minimum absolute atomic E-state index is 0.0326. The fourth-order valence-electron chi connectivity index (χ4n) is 3.34. The van der Waals surface area contributed by atoms with Gasteiger partial charge in [0, 0.05) is 13.1 Å². The molecule has 2 fully saturated rings. The Morgan fingerprint density at radius 3 is 2.45 bits per heavy atom. The summed E-state index contributed by atoms with van der Waals surface area (Å²) in [7, 11) is 0. The SMILES string of the molecule is CC1CN(CC(=O)NC2(C#N)CCCCC2)CC(C)O1. The highest BCUT2D eigenvalue weighted by Crippen LogP contribution is 2.27. The molecular weight excluding hydrogens is 254 g/mol. The summed E-state index contributed by atoms with van der Waals surface area (Å²) in [6.07, 6.45) is 5.10. The number of morpholine rings is 1. The van der Waals surface area contributed by atoms with Crippen molar-refractivity contribution in [1.82, 2.24) is 10.2 Å². The molecule has 1 aliphatic heterocycles. The van der Waals surface area contributed by atoms with Crippen molar-refractivity contribution in [2.45, 2.75) is 63.7 Å². The third-order valence-electron chi connectivity index (χ3n) is 4.16. The molecule has 2 unspecified atom stereocenters. The normalized spacial score (nSPS) is 30.4. The second kappa shape index (κ2) is 6.55. The second-order valence-electron chi connectivity index (χ2n) is 6.25. The van der Waals surface area contributed by atoms with Crippen LogP contribution in [0, 0.1) is 11.3 Å². The van der Waals surface area contributed by atoms with E-state index in [1.807, 2.05) is 13.8 Å². The van der Waals surface area contributed by atoms with E-state index in [9.17, 15) is 10.1 Å². The predicted molar refractivity (Wildman–Crippen MR) is 76.0 cm³/mol. The molecule has 1 saturated carbocycles. The Morgan fingerprint density at radius 2 is 1.90 bits per heavy atom. The van der Waals surface area contributed by atoms with Crippen LogP contribution in [-0.4, -0.2) is 48.2 Å². The van der Waals surface area contributed by atoms with Crippen LogP contribution in [0.15, 0.2) is 0 Å². The van der Waals surface area contributed by atoms with E-state index in [0.717, 1.165) is 45.2 Å². The topological polar surface area (TPSA) is 65.4 Å². The summed E-state index contributed by atoms with van der Waals surface area (Å²) in [5, 5.41) is 12.4. The first-order valence-corrected chi connectivity index (χ1v) is 7.63. The first-order chi connectivity index (χ1) is 9.53. The Labute approximate surface area is 121 Å². The Hall–Kier alpha value is -1.12. The molecule has 0 aromatic rings. The molecule has 112 valence electrons. The molecule has 2 aliphatic rings. The number of hydrogen-bond acceptors (Lipinski definition) is 4. The summed E-state index contributed by atoms with van der Waals surface area (Å²) < 4.78 is 5.66. The second-order valence-corrected chi connectivity index (χ2v) is 6.25. The molecule has 1 heterocycles. The number of carbonyl (C=O) groups excluding carboxylic acids is 1. The molecule has 5 heteroatoms. The van der Waals surface area contributed by atoms with Crippen molar-refractivity contribution in [1.29, 1.82) is 5.26 Å². The molecule has 0 aromatic heterocycles. The smallest absolute Gasteiger partial charge is 0.235 e. The van der Waals surface area contributed by atoms with E-state index in [1.54, 1.807) is 0 Å². The van der Waals surface area contributed by atoms with Crippen molar-refractivity contribution in [3.05, 3.63) is 0 Å². The molecule has 2 rings (SSSR count). The van der Waals surface area contributed by atoms with E-state index < -0.39 is 5.54 Å². The highest BCUT2D eigenvalue weighted by atomic mass is 16.5. The maximum atomic E-state index is 12.2. The monoisotopic (exact) mass is 279 g/mol. The van der Waals surface area contributed by atoms with Crippen LogP contribution in [0.5, 0.6) is 0 Å². The van der Waals surface area contributed by atoms with E-state index in [4.69, 9.17) is 4.74 Å². The number of amides is 1. The fourth-order valence-corrected chi connectivity index (χ4v) is 3.34. The lowest BCUT2D eigenvalue weighted by atomic mass is 9.83. The molecule has 0 spiro atoms. The van der Waals surface area contributed by atoms with Crippen molar-refractivity contribution in [3.63, 3.8) is 0 Å². The van der Waals surface area contributed by atoms with Crippen LogP contribution in [0.25, 0.3) is 0 Å². The van der Waals surface area contributed by atoms with Crippen LogP contribution in [0.4, 0.5) is 0 Å². The number of carbonyl (C=O) groups is 1. The lowest BCUT2D eigenvalue weighted by molar-refractivity contribution is -0.127. The zero-order valence-electron chi connectivity index (χ0n) is 12.5. The minimum Gasteiger partial charge on any atom is -0.373 e. The summed E-state index contributed by atoms with van der Waals surface area (Å²) in [6, 6.07) is 2.33. The Morgan fingerprint density at radius 1 is 1.30 bits per heavy atom. The molecule has 1 aliphatic carbocycles. The minimum atomic E-state index is -0.626. The number of nitrogens with one attached hydrogen (secondary N) is 1. The standard InChI is InChI=1S/C15H25N3O2/c1-12-8-18(9-13(2)20-12)10-14(19)17-15(11-16)6-4-3-5-7-15/h12-13H,3-10H2,1-2H3,(H,17,19). The van der Waals surface area contributed by atoms with Gasteiger partial charge in [0.1, 0.15) is 5.54 Å². The van der Waals surface area contributed by atoms with Crippen molar-refractivity contribution >= 4 is 5.91 Å². The van der Waals surface area contributed by atoms with Gasteiger partial charge in [-0.2, -0.15) is 5.26 Å². The number of ether oxygens (including phenoxy) is 1. The number of hydrogen-bond donors (Lipinski definition) is 1. The number of rotatable bonds is 3. The van der Waals surface area contributed by atoms with E-state index in [0.29, 0.717) is 6.54 Å². The van der Waals surface area contributed by atoms with Crippen LogP contribution in [0.2, 0.25) is 0 Å². The van der Waals surface area contributed by atoms with Gasteiger partial charge >= 0.3 is 0 Å². The zero-order valence-corrected chi connectivity index (χ0v) is 12.5. The quantitative estimate of drug-likeness (QED) is 0.849. The van der Waals surface area contributed by atoms with Crippen LogP contribution in [-0.2, 0) is 9.53 Å². The van der Waals surface area contributed by atoms with E-state index in [2.05, 4.69) is 16.3 Å². The molecule has 1 amide bonds. The van der Waals surface area contributed by atoms with Gasteiger partial charge in [0.2, 0.25) is 5.91 Å². The predicted octanol–water partition coefficient (Wildman–Crippen LogP) is 1.44. The van der Waals surface area contributed by atoms with Gasteiger partial charge in [0.05, 0.1) is 24.8 Å². The first kappa shape index (κ1) is 15.3. The van der Waals surface area contributed by atoms with Gasteiger partial charge in [-0.1, -0.05) is 19.3 Å². The van der Waals surface area contributed by atoms with Gasteiger partial charge in [0.15, 0.2) is 0 Å². The van der Waals surface area contributed by atoms with Crippen LogP contribution >= 0.6 is 0 Å². The average molecular weight is 279 g/mol. The highest BCUT2D eigenvalue weighted by molar-refractivity contribution is 5.79. The van der Waals surface area contributed by atoms with Crippen LogP contribution in [0.1, 0.15) is 46.0 Å². The summed E-state index contributed by atoms with van der Waals surface area (Å²) in [6.45, 7) is 5.97. The average Bonchev–Trinajstić information content (AvgIpc) is 2.38. The lowest BCUT2D eigenvalue weighted by Crippen LogP contribution is -2.54. The zero-order chi connectivity index (χ0) is 14.6. The molecular formula is C15H25N3O2. The van der Waals surface area contributed by atoms with Gasteiger partial charge in [-0.25, -0.2) is 0 Å². The van der Waals surface area contributed by atoms with E-state index >= 15 is 0 Å². The fraction of sp³-hybridized carbons (Fsp3) is 0.867. The van der Waals surface area contributed by atoms with Crippen LogP contribution in [0.3, 0.4) is 0 Å². The maximum Gasteiger partial charge on any atom is 0.235 e. The van der Waals surface area contributed by atoms with Gasteiger partial charge in [-0.15, -0.1) is 0 Å². The summed E-state index contributed by atoms with van der Waals surface area (Å²) in [5.74, 6) is -0.0326. The Kier molecular flexibility index (Phi) is 5.00.